The maximum absolute atomic E-state index is 12.4. The van der Waals surface area contributed by atoms with Gasteiger partial charge < -0.3 is 25.0 Å². The molecule has 1 aliphatic heterocycles. The topological polar surface area (TPSA) is 77.6 Å². The molecule has 1 atom stereocenters. The molecule has 1 fully saturated rings. The van der Waals surface area contributed by atoms with E-state index in [4.69, 9.17) is 17.0 Å². The molecular weight excluding hydrogens is 350 g/mol. The van der Waals surface area contributed by atoms with Crippen LogP contribution in [0.4, 0.5) is 0 Å². The Bertz CT molecular complexity index is 830. The molecule has 1 saturated heterocycles. The van der Waals surface area contributed by atoms with Crippen LogP contribution in [0.1, 0.15) is 24.0 Å². The van der Waals surface area contributed by atoms with E-state index >= 15 is 0 Å². The standard InChI is InChI=1S/C19H25N3O3S/c1-13-4-5-14-10-15(18(24)21-17(14)9-13)12-22(6-7-23)19(26)20-11-16-3-2-8-25-16/h4-5,9-10,16,23H,2-3,6-8,11-12H2,1H3,(H,20,26)(H,21,24)/t16-/m0/s1. The van der Waals surface area contributed by atoms with Crippen molar-refractivity contribution in [2.24, 2.45) is 0 Å². The van der Waals surface area contributed by atoms with Gasteiger partial charge in [-0.15, -0.1) is 0 Å². The number of thiocarbonyl (C=S) groups is 1. The second kappa shape index (κ2) is 8.62. The number of rotatable bonds is 6. The highest BCUT2D eigenvalue weighted by atomic mass is 32.1. The van der Waals surface area contributed by atoms with Crippen LogP contribution in [0.25, 0.3) is 10.9 Å². The fourth-order valence-corrected chi connectivity index (χ4v) is 3.41. The van der Waals surface area contributed by atoms with E-state index in [2.05, 4.69) is 10.3 Å². The predicted molar refractivity (Wildman–Crippen MR) is 106 cm³/mol. The molecular formula is C19H25N3O3S. The van der Waals surface area contributed by atoms with Crippen LogP contribution in [0, 0.1) is 6.92 Å². The number of nitrogens with zero attached hydrogens (tertiary/aromatic N) is 1. The summed E-state index contributed by atoms with van der Waals surface area (Å²) in [7, 11) is 0. The second-order valence-corrected chi connectivity index (χ2v) is 7.07. The van der Waals surface area contributed by atoms with Crippen LogP contribution < -0.4 is 10.9 Å². The Morgan fingerprint density at radius 2 is 2.31 bits per heavy atom. The number of hydrogen-bond acceptors (Lipinski definition) is 4. The van der Waals surface area contributed by atoms with E-state index in [1.165, 1.54) is 0 Å². The Morgan fingerprint density at radius 3 is 3.04 bits per heavy atom. The summed E-state index contributed by atoms with van der Waals surface area (Å²) in [6, 6.07) is 7.86. The molecule has 3 rings (SSSR count). The molecule has 140 valence electrons. The van der Waals surface area contributed by atoms with Crippen molar-refractivity contribution >= 4 is 28.2 Å². The van der Waals surface area contributed by atoms with Gasteiger partial charge in [0, 0.05) is 30.8 Å². The third-order valence-corrected chi connectivity index (χ3v) is 5.00. The van der Waals surface area contributed by atoms with E-state index in [9.17, 15) is 9.90 Å². The van der Waals surface area contributed by atoms with E-state index < -0.39 is 0 Å². The minimum Gasteiger partial charge on any atom is -0.395 e. The molecule has 7 heteroatoms. The van der Waals surface area contributed by atoms with Crippen LogP contribution in [-0.4, -0.2) is 52.5 Å². The van der Waals surface area contributed by atoms with Crippen molar-refractivity contribution in [3.63, 3.8) is 0 Å². The van der Waals surface area contributed by atoms with Gasteiger partial charge in [-0.2, -0.15) is 0 Å². The average molecular weight is 375 g/mol. The van der Waals surface area contributed by atoms with Gasteiger partial charge in [-0.1, -0.05) is 12.1 Å². The molecule has 0 unspecified atom stereocenters. The number of ether oxygens (including phenoxy) is 1. The van der Waals surface area contributed by atoms with Gasteiger partial charge >= 0.3 is 0 Å². The largest absolute Gasteiger partial charge is 0.395 e. The summed E-state index contributed by atoms with van der Waals surface area (Å²) in [5.41, 5.74) is 2.41. The summed E-state index contributed by atoms with van der Waals surface area (Å²) in [5, 5.41) is 14.1. The first-order valence-corrected chi connectivity index (χ1v) is 9.35. The summed E-state index contributed by atoms with van der Waals surface area (Å²) in [5.74, 6) is 0. The SMILES string of the molecule is Cc1ccc2cc(CN(CCO)C(=S)NC[C@@H]3CCCO3)c(=O)[nH]c2c1. The fourth-order valence-electron chi connectivity index (χ4n) is 3.17. The molecule has 0 saturated carbocycles. The number of aliphatic hydroxyl groups is 1. The van der Waals surface area contributed by atoms with Gasteiger partial charge in [-0.25, -0.2) is 0 Å². The first-order valence-electron chi connectivity index (χ1n) is 8.94. The van der Waals surface area contributed by atoms with E-state index in [1.54, 1.807) is 0 Å². The number of benzene rings is 1. The lowest BCUT2D eigenvalue weighted by atomic mass is 10.1. The van der Waals surface area contributed by atoms with Crippen molar-refractivity contribution in [1.82, 2.24) is 15.2 Å². The minimum absolute atomic E-state index is 0.0353. The number of hydrogen-bond donors (Lipinski definition) is 3. The first-order chi connectivity index (χ1) is 12.6. The van der Waals surface area contributed by atoms with Gasteiger partial charge in [-0.3, -0.25) is 4.79 Å². The van der Waals surface area contributed by atoms with Crippen LogP contribution in [0.3, 0.4) is 0 Å². The quantitative estimate of drug-likeness (QED) is 0.667. The maximum Gasteiger partial charge on any atom is 0.253 e. The van der Waals surface area contributed by atoms with Crippen LogP contribution in [0.5, 0.6) is 0 Å². The van der Waals surface area contributed by atoms with Crippen molar-refractivity contribution in [3.05, 3.63) is 45.7 Å². The van der Waals surface area contributed by atoms with Crippen molar-refractivity contribution in [1.29, 1.82) is 0 Å². The molecule has 0 amide bonds. The Hall–Kier alpha value is -1.96. The summed E-state index contributed by atoms with van der Waals surface area (Å²) in [4.78, 5) is 17.2. The Kier molecular flexibility index (Phi) is 6.24. The third-order valence-electron chi connectivity index (χ3n) is 4.60. The van der Waals surface area contributed by atoms with Crippen molar-refractivity contribution in [2.75, 3.05) is 26.3 Å². The molecule has 0 bridgehead atoms. The van der Waals surface area contributed by atoms with Crippen LogP contribution in [0.15, 0.2) is 29.1 Å². The molecule has 26 heavy (non-hydrogen) atoms. The van der Waals surface area contributed by atoms with Crippen LogP contribution in [0.2, 0.25) is 0 Å². The number of fused-ring (bicyclic) bond motifs is 1. The number of H-pyrrole nitrogens is 1. The number of aryl methyl sites for hydroxylation is 1. The van der Waals surface area contributed by atoms with Gasteiger partial charge in [0.15, 0.2) is 5.11 Å². The van der Waals surface area contributed by atoms with Crippen molar-refractivity contribution in [2.45, 2.75) is 32.4 Å². The molecule has 0 radical (unpaired) electrons. The van der Waals surface area contributed by atoms with Gasteiger partial charge in [0.2, 0.25) is 0 Å². The second-order valence-electron chi connectivity index (χ2n) is 6.68. The molecule has 3 N–H and O–H groups in total. The highest BCUT2D eigenvalue weighted by Crippen LogP contribution is 2.14. The lowest BCUT2D eigenvalue weighted by Gasteiger charge is -2.26. The monoisotopic (exact) mass is 375 g/mol. The molecule has 6 nitrogen and oxygen atoms in total. The van der Waals surface area contributed by atoms with E-state index in [1.807, 2.05) is 36.1 Å². The Morgan fingerprint density at radius 1 is 1.46 bits per heavy atom. The van der Waals surface area contributed by atoms with E-state index in [-0.39, 0.29) is 18.3 Å². The normalized spacial score (nSPS) is 16.8. The summed E-state index contributed by atoms with van der Waals surface area (Å²) in [6.07, 6.45) is 2.28. The zero-order valence-corrected chi connectivity index (χ0v) is 15.8. The van der Waals surface area contributed by atoms with Crippen molar-refractivity contribution < 1.29 is 9.84 Å². The lowest BCUT2D eigenvalue weighted by molar-refractivity contribution is 0.113. The summed E-state index contributed by atoms with van der Waals surface area (Å²) in [6.45, 7) is 4.11. The maximum atomic E-state index is 12.4. The van der Waals surface area contributed by atoms with Crippen LogP contribution >= 0.6 is 12.2 Å². The van der Waals surface area contributed by atoms with Gasteiger partial charge in [0.25, 0.3) is 5.56 Å². The van der Waals surface area contributed by atoms with Gasteiger partial charge in [0.05, 0.1) is 19.3 Å². The zero-order valence-electron chi connectivity index (χ0n) is 15.0. The minimum atomic E-state index is -0.132. The van der Waals surface area contributed by atoms with Crippen LogP contribution in [-0.2, 0) is 11.3 Å². The van der Waals surface area contributed by atoms with Gasteiger partial charge in [-0.05, 0) is 55.1 Å². The molecule has 1 aliphatic rings. The number of aromatic nitrogens is 1. The molecule has 1 aromatic heterocycles. The molecule has 1 aromatic carbocycles. The van der Waals surface area contributed by atoms with Crippen molar-refractivity contribution in [3.8, 4) is 0 Å². The first kappa shape index (κ1) is 18.8. The molecule has 2 aromatic rings. The molecule has 0 spiro atoms. The third kappa shape index (κ3) is 4.60. The smallest absolute Gasteiger partial charge is 0.253 e. The zero-order chi connectivity index (χ0) is 18.5. The predicted octanol–water partition coefficient (Wildman–Crippen LogP) is 1.68. The lowest BCUT2D eigenvalue weighted by Crippen LogP contribution is -2.44. The molecule has 0 aliphatic carbocycles. The number of nitrogens with one attached hydrogen (secondary N) is 2. The highest BCUT2D eigenvalue weighted by Gasteiger charge is 2.18. The summed E-state index contributed by atoms with van der Waals surface area (Å²) >= 11 is 5.47. The average Bonchev–Trinajstić information content (AvgIpc) is 3.13. The Labute approximate surface area is 158 Å². The van der Waals surface area contributed by atoms with E-state index in [0.717, 1.165) is 35.9 Å². The van der Waals surface area contributed by atoms with E-state index in [0.29, 0.717) is 30.3 Å². The fraction of sp³-hybridized carbons (Fsp3) is 0.474. The highest BCUT2D eigenvalue weighted by molar-refractivity contribution is 7.80. The molecule has 2 heterocycles. The number of aliphatic hydroxyl groups excluding tert-OH is 1. The van der Waals surface area contributed by atoms with Gasteiger partial charge in [0.1, 0.15) is 0 Å². The summed E-state index contributed by atoms with van der Waals surface area (Å²) < 4.78 is 5.59. The Balaban J connectivity index is 1.73. The number of aromatic amines is 1. The number of pyridine rings is 1.